The fourth-order valence-electron chi connectivity index (χ4n) is 2.08. The molecule has 2 aromatic rings. The number of nitrogens with one attached hydrogen (secondary N) is 2. The number of hydrogen-bond acceptors (Lipinski definition) is 4. The van der Waals surface area contributed by atoms with Crippen molar-refractivity contribution in [2.75, 3.05) is 13.2 Å². The van der Waals surface area contributed by atoms with Crippen molar-refractivity contribution in [3.8, 4) is 5.75 Å². The van der Waals surface area contributed by atoms with E-state index in [0.29, 0.717) is 17.9 Å². The molecule has 0 heterocycles. The smallest absolute Gasteiger partial charge is 0.259 e. The predicted molar refractivity (Wildman–Crippen MR) is 117 cm³/mol. The average molecular weight is 544 g/mol. The van der Waals surface area contributed by atoms with E-state index in [-0.39, 0.29) is 12.5 Å². The van der Waals surface area contributed by atoms with Gasteiger partial charge in [0.2, 0.25) is 0 Å². The number of ether oxygens (including phenoxy) is 1. The average Bonchev–Trinajstić information content (AvgIpc) is 2.66. The van der Waals surface area contributed by atoms with Crippen LogP contribution in [0.25, 0.3) is 0 Å². The largest absolute Gasteiger partial charge is 0.493 e. The maximum absolute atomic E-state index is 12.1. The molecular formula is C19H19BrIN3O3. The molecule has 0 spiro atoms. The van der Waals surface area contributed by atoms with Gasteiger partial charge < -0.3 is 10.1 Å². The Balaban J connectivity index is 1.89. The van der Waals surface area contributed by atoms with E-state index in [4.69, 9.17) is 4.74 Å². The van der Waals surface area contributed by atoms with Gasteiger partial charge in [-0.3, -0.25) is 9.59 Å². The Morgan fingerprint density at radius 2 is 2.04 bits per heavy atom. The van der Waals surface area contributed by atoms with Crippen LogP contribution in [0.15, 0.2) is 52.0 Å². The van der Waals surface area contributed by atoms with Gasteiger partial charge in [0.1, 0.15) is 5.75 Å². The van der Waals surface area contributed by atoms with E-state index in [0.717, 1.165) is 20.0 Å². The van der Waals surface area contributed by atoms with Crippen LogP contribution in [0.1, 0.15) is 29.3 Å². The van der Waals surface area contributed by atoms with Crippen molar-refractivity contribution in [2.45, 2.75) is 13.3 Å². The summed E-state index contributed by atoms with van der Waals surface area (Å²) in [6.45, 7) is 2.45. The molecule has 0 fully saturated rings. The summed E-state index contributed by atoms with van der Waals surface area (Å²) in [5.74, 6) is -0.0389. The summed E-state index contributed by atoms with van der Waals surface area (Å²) in [7, 11) is 0. The van der Waals surface area contributed by atoms with Gasteiger partial charge in [-0.15, -0.1) is 0 Å². The van der Waals surface area contributed by atoms with Crippen molar-refractivity contribution in [3.05, 3.63) is 61.6 Å². The van der Waals surface area contributed by atoms with Gasteiger partial charge in [-0.2, -0.15) is 5.10 Å². The van der Waals surface area contributed by atoms with E-state index >= 15 is 0 Å². The van der Waals surface area contributed by atoms with Crippen molar-refractivity contribution in [2.24, 2.45) is 5.10 Å². The Morgan fingerprint density at radius 3 is 2.78 bits per heavy atom. The molecule has 0 aliphatic carbocycles. The van der Waals surface area contributed by atoms with Crippen LogP contribution in [0, 0.1) is 3.57 Å². The molecule has 0 saturated heterocycles. The second-order valence-electron chi connectivity index (χ2n) is 5.49. The minimum atomic E-state index is -0.420. The number of halogens is 2. The van der Waals surface area contributed by atoms with E-state index in [1.54, 1.807) is 12.1 Å². The van der Waals surface area contributed by atoms with Gasteiger partial charge in [-0.25, -0.2) is 5.43 Å². The topological polar surface area (TPSA) is 79.8 Å². The molecule has 2 aromatic carbocycles. The standard InChI is InChI=1S/C19H19BrIN3O3/c1-2-9-27-17-8-7-14(20)10-13(17)11-23-24-18(25)12-22-19(26)15-5-3-4-6-16(15)21/h3-8,10-11H,2,9,12H2,1H3,(H,22,26)(H,24,25)/b23-11-. The molecule has 8 heteroatoms. The second-order valence-corrected chi connectivity index (χ2v) is 7.56. The van der Waals surface area contributed by atoms with E-state index in [2.05, 4.69) is 54.4 Å². The van der Waals surface area contributed by atoms with Crippen molar-refractivity contribution in [3.63, 3.8) is 0 Å². The lowest BCUT2D eigenvalue weighted by Crippen LogP contribution is -2.35. The highest BCUT2D eigenvalue weighted by molar-refractivity contribution is 14.1. The summed E-state index contributed by atoms with van der Waals surface area (Å²) >= 11 is 5.48. The molecule has 0 radical (unpaired) electrons. The normalized spacial score (nSPS) is 10.6. The molecule has 2 N–H and O–H groups in total. The van der Waals surface area contributed by atoms with Crippen LogP contribution >= 0.6 is 38.5 Å². The lowest BCUT2D eigenvalue weighted by molar-refractivity contribution is -0.120. The second kappa shape index (κ2) is 11.0. The van der Waals surface area contributed by atoms with Gasteiger partial charge >= 0.3 is 0 Å². The van der Waals surface area contributed by atoms with E-state index in [1.165, 1.54) is 6.21 Å². The maximum atomic E-state index is 12.1. The van der Waals surface area contributed by atoms with Crippen molar-refractivity contribution < 1.29 is 14.3 Å². The highest BCUT2D eigenvalue weighted by Crippen LogP contribution is 2.22. The Bertz CT molecular complexity index is 843. The van der Waals surface area contributed by atoms with Crippen LogP contribution < -0.4 is 15.5 Å². The molecule has 0 bridgehead atoms. The summed E-state index contributed by atoms with van der Waals surface area (Å²) in [6.07, 6.45) is 2.40. The summed E-state index contributed by atoms with van der Waals surface area (Å²) in [5.41, 5.74) is 3.66. The van der Waals surface area contributed by atoms with Crippen LogP contribution in [0.4, 0.5) is 0 Å². The highest BCUT2D eigenvalue weighted by Gasteiger charge is 2.10. The zero-order chi connectivity index (χ0) is 19.6. The molecule has 0 aliphatic heterocycles. The lowest BCUT2D eigenvalue weighted by atomic mass is 10.2. The van der Waals surface area contributed by atoms with Crippen LogP contribution in [0.2, 0.25) is 0 Å². The zero-order valence-electron chi connectivity index (χ0n) is 14.7. The summed E-state index contributed by atoms with van der Waals surface area (Å²) in [4.78, 5) is 24.0. The summed E-state index contributed by atoms with van der Waals surface area (Å²) in [6, 6.07) is 12.7. The molecule has 0 aromatic heterocycles. The Hall–Kier alpha value is -1.94. The molecule has 2 amide bonds. The number of hydrogen-bond donors (Lipinski definition) is 2. The monoisotopic (exact) mass is 543 g/mol. The molecule has 6 nitrogen and oxygen atoms in total. The Kier molecular flexibility index (Phi) is 8.73. The first-order chi connectivity index (χ1) is 13.0. The fraction of sp³-hybridized carbons (Fsp3) is 0.211. The minimum absolute atomic E-state index is 0.168. The first kappa shape index (κ1) is 21.4. The van der Waals surface area contributed by atoms with E-state index in [1.807, 2.05) is 37.3 Å². The number of rotatable bonds is 8. The SMILES string of the molecule is CCCOc1ccc(Br)cc1/C=N\NC(=O)CNC(=O)c1ccccc1I. The highest BCUT2D eigenvalue weighted by atomic mass is 127. The number of carbonyl (C=O) groups is 2. The molecular weight excluding hydrogens is 525 g/mol. The zero-order valence-corrected chi connectivity index (χ0v) is 18.4. The Labute approximate surface area is 180 Å². The fourth-order valence-corrected chi connectivity index (χ4v) is 3.09. The molecule has 0 saturated carbocycles. The van der Waals surface area contributed by atoms with Gasteiger partial charge in [-0.1, -0.05) is 35.0 Å². The molecule has 2 rings (SSSR count). The van der Waals surface area contributed by atoms with Gasteiger partial charge in [0.25, 0.3) is 11.8 Å². The van der Waals surface area contributed by atoms with E-state index in [9.17, 15) is 9.59 Å². The molecule has 0 unspecified atom stereocenters. The van der Waals surface area contributed by atoms with Gasteiger partial charge in [0, 0.05) is 13.6 Å². The number of hydrazone groups is 1. The maximum Gasteiger partial charge on any atom is 0.259 e. The quantitative estimate of drug-likeness (QED) is 0.302. The van der Waals surface area contributed by atoms with Crippen LogP contribution in [0.5, 0.6) is 5.75 Å². The predicted octanol–water partition coefficient (Wildman–Crippen LogP) is 3.72. The third-order valence-corrected chi connectivity index (χ3v) is 4.79. The first-order valence-corrected chi connectivity index (χ1v) is 10.2. The molecule has 27 heavy (non-hydrogen) atoms. The van der Waals surface area contributed by atoms with Crippen LogP contribution in [-0.2, 0) is 4.79 Å². The van der Waals surface area contributed by atoms with Gasteiger partial charge in [0.05, 0.1) is 24.9 Å². The van der Waals surface area contributed by atoms with E-state index < -0.39 is 5.91 Å². The third-order valence-electron chi connectivity index (χ3n) is 3.35. The Morgan fingerprint density at radius 1 is 1.26 bits per heavy atom. The van der Waals surface area contributed by atoms with Crippen molar-refractivity contribution >= 4 is 56.5 Å². The van der Waals surface area contributed by atoms with Crippen molar-refractivity contribution in [1.82, 2.24) is 10.7 Å². The molecule has 0 atom stereocenters. The third kappa shape index (κ3) is 6.94. The van der Waals surface area contributed by atoms with Gasteiger partial charge in [-0.05, 0) is 59.3 Å². The lowest BCUT2D eigenvalue weighted by Gasteiger charge is -2.08. The number of carbonyl (C=O) groups excluding carboxylic acids is 2. The van der Waals surface area contributed by atoms with Crippen LogP contribution in [0.3, 0.4) is 0 Å². The number of nitrogens with zero attached hydrogens (tertiary/aromatic N) is 1. The minimum Gasteiger partial charge on any atom is -0.493 e. The summed E-state index contributed by atoms with van der Waals surface area (Å²) < 4.78 is 7.35. The number of benzene rings is 2. The first-order valence-electron chi connectivity index (χ1n) is 8.28. The number of amides is 2. The van der Waals surface area contributed by atoms with Gasteiger partial charge in [0.15, 0.2) is 0 Å². The molecule has 142 valence electrons. The molecule has 0 aliphatic rings. The summed E-state index contributed by atoms with van der Waals surface area (Å²) in [5, 5.41) is 6.52. The van der Waals surface area contributed by atoms with Crippen molar-refractivity contribution in [1.29, 1.82) is 0 Å². The van der Waals surface area contributed by atoms with Crippen LogP contribution in [-0.4, -0.2) is 31.2 Å².